The number of nitrogens with one attached hydrogen (secondary N) is 1. The number of amides is 1. The zero-order valence-corrected chi connectivity index (χ0v) is 12.9. The Morgan fingerprint density at radius 1 is 1.17 bits per heavy atom. The highest BCUT2D eigenvalue weighted by Crippen LogP contribution is 2.15. The van der Waals surface area contributed by atoms with Crippen LogP contribution in [0.3, 0.4) is 0 Å². The highest BCUT2D eigenvalue weighted by atomic mass is 35.5. The summed E-state index contributed by atoms with van der Waals surface area (Å²) in [4.78, 5) is 11.6. The minimum absolute atomic E-state index is 0.240. The lowest BCUT2D eigenvalue weighted by Crippen LogP contribution is -2.25. The van der Waals surface area contributed by atoms with E-state index in [1.165, 1.54) is 6.07 Å². The molecule has 120 valence electrons. The Hall–Kier alpha value is -2.47. The van der Waals surface area contributed by atoms with Gasteiger partial charge in [0.15, 0.2) is 18.2 Å². The van der Waals surface area contributed by atoms with E-state index in [0.717, 1.165) is 12.1 Å². The molecule has 0 radical (unpaired) electrons. The Morgan fingerprint density at radius 3 is 2.52 bits per heavy atom. The van der Waals surface area contributed by atoms with Crippen molar-refractivity contribution in [2.24, 2.45) is 5.10 Å². The molecule has 1 N–H and O–H groups in total. The summed E-state index contributed by atoms with van der Waals surface area (Å²) in [6.07, 6.45) is 0. The number of carbonyl (C=O) groups excluding carboxylic acids is 1. The van der Waals surface area contributed by atoms with Crippen LogP contribution in [0.2, 0.25) is 5.02 Å². The maximum absolute atomic E-state index is 13.1. The van der Waals surface area contributed by atoms with Crippen molar-refractivity contribution in [1.29, 1.82) is 0 Å². The summed E-state index contributed by atoms with van der Waals surface area (Å²) in [6.45, 7) is 1.32. The summed E-state index contributed by atoms with van der Waals surface area (Å²) >= 11 is 5.74. The second-order valence-electron chi connectivity index (χ2n) is 4.60. The van der Waals surface area contributed by atoms with Crippen molar-refractivity contribution in [3.05, 3.63) is 64.7 Å². The van der Waals surface area contributed by atoms with Gasteiger partial charge in [0, 0.05) is 10.6 Å². The Morgan fingerprint density at radius 2 is 1.87 bits per heavy atom. The van der Waals surface area contributed by atoms with Gasteiger partial charge in [-0.3, -0.25) is 4.79 Å². The number of hydrogen-bond donors (Lipinski definition) is 1. The average Bonchev–Trinajstić information content (AvgIpc) is 2.54. The monoisotopic (exact) mass is 338 g/mol. The lowest BCUT2D eigenvalue weighted by Gasteiger charge is -2.06. The molecular formula is C16H13ClF2N2O2. The number of halogens is 3. The van der Waals surface area contributed by atoms with Crippen molar-refractivity contribution in [3.8, 4) is 5.75 Å². The molecule has 0 aliphatic carbocycles. The number of rotatable bonds is 5. The van der Waals surface area contributed by atoms with Crippen LogP contribution in [0, 0.1) is 11.6 Å². The predicted octanol–water partition coefficient (Wildman–Crippen LogP) is 3.54. The van der Waals surface area contributed by atoms with Crippen LogP contribution >= 0.6 is 11.6 Å². The molecule has 0 aliphatic rings. The molecule has 2 aromatic carbocycles. The number of hydrazone groups is 1. The zero-order valence-electron chi connectivity index (χ0n) is 12.1. The Labute approximate surface area is 136 Å². The molecule has 23 heavy (non-hydrogen) atoms. The number of ether oxygens (including phenoxy) is 1. The van der Waals surface area contributed by atoms with E-state index in [0.29, 0.717) is 22.0 Å². The topological polar surface area (TPSA) is 50.7 Å². The largest absolute Gasteiger partial charge is 0.484 e. The van der Waals surface area contributed by atoms with E-state index < -0.39 is 17.5 Å². The molecule has 1 amide bonds. The molecule has 4 nitrogen and oxygen atoms in total. The first kappa shape index (κ1) is 16.9. The molecule has 2 aromatic rings. The van der Waals surface area contributed by atoms with Crippen LogP contribution in [0.5, 0.6) is 5.75 Å². The molecule has 7 heteroatoms. The molecule has 0 saturated heterocycles. The molecule has 0 aromatic heterocycles. The highest BCUT2D eigenvalue weighted by Gasteiger charge is 2.06. The third-order valence-corrected chi connectivity index (χ3v) is 3.12. The molecule has 0 spiro atoms. The summed E-state index contributed by atoms with van der Waals surface area (Å²) < 4.78 is 31.2. The molecule has 0 aliphatic heterocycles. The van der Waals surface area contributed by atoms with Crippen molar-refractivity contribution in [3.63, 3.8) is 0 Å². The van der Waals surface area contributed by atoms with Gasteiger partial charge >= 0.3 is 0 Å². The SMILES string of the molecule is C/C(=N/NC(=O)COc1ccc(Cl)cc1)c1ccc(F)c(F)c1. The maximum atomic E-state index is 13.1. The Bertz CT molecular complexity index is 733. The minimum Gasteiger partial charge on any atom is -0.484 e. The quantitative estimate of drug-likeness (QED) is 0.669. The fourth-order valence-corrected chi connectivity index (χ4v) is 1.77. The summed E-state index contributed by atoms with van der Waals surface area (Å²) in [5, 5.41) is 4.38. The van der Waals surface area contributed by atoms with Crippen molar-refractivity contribution in [1.82, 2.24) is 5.43 Å². The third kappa shape index (κ3) is 5.03. The average molecular weight is 339 g/mol. The van der Waals surface area contributed by atoms with Crippen molar-refractivity contribution >= 4 is 23.2 Å². The summed E-state index contributed by atoms with van der Waals surface area (Å²) in [6, 6.07) is 9.91. The van der Waals surface area contributed by atoms with Gasteiger partial charge in [-0.25, -0.2) is 14.2 Å². The molecule has 0 atom stereocenters. The molecule has 0 saturated carbocycles. The zero-order chi connectivity index (χ0) is 16.8. The molecule has 0 heterocycles. The van der Waals surface area contributed by atoms with E-state index in [1.54, 1.807) is 31.2 Å². The van der Waals surface area contributed by atoms with Crippen LogP contribution in [-0.4, -0.2) is 18.2 Å². The van der Waals surface area contributed by atoms with Crippen LogP contribution in [-0.2, 0) is 4.79 Å². The van der Waals surface area contributed by atoms with Gasteiger partial charge in [0.25, 0.3) is 5.91 Å². The van der Waals surface area contributed by atoms with E-state index in [9.17, 15) is 13.6 Å². The highest BCUT2D eigenvalue weighted by molar-refractivity contribution is 6.30. The number of hydrogen-bond acceptors (Lipinski definition) is 3. The first-order valence-electron chi connectivity index (χ1n) is 6.62. The van der Waals surface area contributed by atoms with Crippen molar-refractivity contribution in [2.75, 3.05) is 6.61 Å². The van der Waals surface area contributed by atoms with Crippen LogP contribution < -0.4 is 10.2 Å². The molecule has 2 rings (SSSR count). The van der Waals surface area contributed by atoms with Crippen LogP contribution in [0.4, 0.5) is 8.78 Å². The molecule has 0 unspecified atom stereocenters. The summed E-state index contributed by atoms with van der Waals surface area (Å²) in [5.74, 6) is -1.91. The first-order valence-corrected chi connectivity index (χ1v) is 7.00. The summed E-state index contributed by atoms with van der Waals surface area (Å²) in [5.41, 5.74) is 2.98. The van der Waals surface area contributed by atoms with Crippen molar-refractivity contribution in [2.45, 2.75) is 6.92 Å². The van der Waals surface area contributed by atoms with Crippen LogP contribution in [0.25, 0.3) is 0 Å². The van der Waals surface area contributed by atoms with Gasteiger partial charge in [-0.05, 0) is 49.4 Å². The third-order valence-electron chi connectivity index (χ3n) is 2.87. The molecular weight excluding hydrogens is 326 g/mol. The van der Waals surface area contributed by atoms with E-state index in [2.05, 4.69) is 10.5 Å². The molecule has 0 bridgehead atoms. The van der Waals surface area contributed by atoms with Crippen LogP contribution in [0.15, 0.2) is 47.6 Å². The molecule has 0 fully saturated rings. The minimum atomic E-state index is -0.977. The van der Waals surface area contributed by atoms with Gasteiger partial charge in [-0.2, -0.15) is 5.10 Å². The smallest absolute Gasteiger partial charge is 0.277 e. The summed E-state index contributed by atoms with van der Waals surface area (Å²) in [7, 11) is 0. The fraction of sp³-hybridized carbons (Fsp3) is 0.125. The van der Waals surface area contributed by atoms with E-state index in [4.69, 9.17) is 16.3 Å². The second kappa shape index (κ2) is 7.69. The van der Waals surface area contributed by atoms with Gasteiger partial charge in [-0.15, -0.1) is 0 Å². The Balaban J connectivity index is 1.89. The van der Waals surface area contributed by atoms with Gasteiger partial charge < -0.3 is 4.74 Å². The standard InChI is InChI=1S/C16H13ClF2N2O2/c1-10(11-2-7-14(18)15(19)8-11)20-21-16(22)9-23-13-5-3-12(17)4-6-13/h2-8H,9H2,1H3,(H,21,22)/b20-10-. The predicted molar refractivity (Wildman–Crippen MR) is 83.7 cm³/mol. The van der Waals surface area contributed by atoms with Gasteiger partial charge in [0.05, 0.1) is 5.71 Å². The maximum Gasteiger partial charge on any atom is 0.277 e. The fourth-order valence-electron chi connectivity index (χ4n) is 1.64. The number of nitrogens with zero attached hydrogens (tertiary/aromatic N) is 1. The number of carbonyl (C=O) groups is 1. The normalized spacial score (nSPS) is 11.2. The second-order valence-corrected chi connectivity index (χ2v) is 5.04. The lowest BCUT2D eigenvalue weighted by atomic mass is 10.1. The van der Waals surface area contributed by atoms with E-state index in [-0.39, 0.29) is 6.61 Å². The first-order chi connectivity index (χ1) is 11.0. The van der Waals surface area contributed by atoms with Crippen LogP contribution in [0.1, 0.15) is 12.5 Å². The number of benzene rings is 2. The van der Waals surface area contributed by atoms with E-state index >= 15 is 0 Å². The van der Waals surface area contributed by atoms with Gasteiger partial charge in [0.1, 0.15) is 5.75 Å². The lowest BCUT2D eigenvalue weighted by molar-refractivity contribution is -0.123. The van der Waals surface area contributed by atoms with Gasteiger partial charge in [0.2, 0.25) is 0 Å². The Kier molecular flexibility index (Phi) is 5.65. The van der Waals surface area contributed by atoms with E-state index in [1.807, 2.05) is 0 Å². The van der Waals surface area contributed by atoms with Gasteiger partial charge in [-0.1, -0.05) is 11.6 Å². The van der Waals surface area contributed by atoms with Crippen molar-refractivity contribution < 1.29 is 18.3 Å².